The maximum atomic E-state index is 13.5. The highest BCUT2D eigenvalue weighted by Gasteiger charge is 2.29. The number of nitrogens with zero attached hydrogens (tertiary/aromatic N) is 3. The number of hydrogen-bond acceptors (Lipinski definition) is 7. The third kappa shape index (κ3) is 6.14. The monoisotopic (exact) mass is 516 g/mol. The molecule has 0 aromatic heterocycles. The molecule has 3 aromatic carbocycles. The van der Waals surface area contributed by atoms with Crippen LogP contribution >= 0.6 is 11.6 Å². The minimum atomic E-state index is -4.37. The summed E-state index contributed by atoms with van der Waals surface area (Å²) in [5.41, 5.74) is 2.94. The van der Waals surface area contributed by atoms with E-state index in [1.54, 1.807) is 24.3 Å². The number of hydrazone groups is 1. The number of nitro benzene ring substituents is 1. The number of halogens is 1. The molecule has 0 aliphatic rings. The molecule has 182 valence electrons. The van der Waals surface area contributed by atoms with Crippen LogP contribution in [0.15, 0.2) is 76.7 Å². The zero-order valence-corrected chi connectivity index (χ0v) is 20.3. The molecule has 0 unspecified atom stereocenters. The highest BCUT2D eigenvalue weighted by Crippen LogP contribution is 2.29. The number of nitrogens with one attached hydrogen (secondary N) is 1. The van der Waals surface area contributed by atoms with Crippen LogP contribution in [0.25, 0.3) is 0 Å². The fourth-order valence-corrected chi connectivity index (χ4v) is 4.68. The Bertz CT molecular complexity index is 1380. The molecule has 0 saturated carbocycles. The van der Waals surface area contributed by atoms with Gasteiger partial charge in [-0.15, -0.1) is 0 Å². The summed E-state index contributed by atoms with van der Waals surface area (Å²) in [6, 6.07) is 16.4. The van der Waals surface area contributed by atoms with Crippen molar-refractivity contribution in [3.63, 3.8) is 0 Å². The van der Waals surface area contributed by atoms with E-state index >= 15 is 0 Å². The lowest BCUT2D eigenvalue weighted by atomic mass is 10.2. The minimum absolute atomic E-state index is 0.152. The van der Waals surface area contributed by atoms with Gasteiger partial charge in [0.05, 0.1) is 28.8 Å². The highest BCUT2D eigenvalue weighted by molar-refractivity contribution is 7.92. The lowest BCUT2D eigenvalue weighted by Crippen LogP contribution is -2.39. The van der Waals surface area contributed by atoms with Crippen LogP contribution < -0.4 is 14.5 Å². The van der Waals surface area contributed by atoms with E-state index in [9.17, 15) is 23.3 Å². The molecule has 0 heterocycles. The molecular weight excluding hydrogens is 496 g/mol. The number of nitro groups is 1. The van der Waals surface area contributed by atoms with Gasteiger partial charge in [-0.1, -0.05) is 35.9 Å². The van der Waals surface area contributed by atoms with Gasteiger partial charge >= 0.3 is 0 Å². The molecule has 0 fully saturated rings. The van der Waals surface area contributed by atoms with Crippen LogP contribution in [-0.2, 0) is 14.8 Å². The fraction of sp³-hybridized carbons (Fsp3) is 0.130. The Balaban J connectivity index is 1.93. The molecular formula is C23H21ClN4O6S. The molecule has 35 heavy (non-hydrogen) atoms. The normalized spacial score (nSPS) is 11.3. The molecule has 12 heteroatoms. The van der Waals surface area contributed by atoms with E-state index in [0.29, 0.717) is 21.9 Å². The number of carbonyl (C=O) groups is 1. The Morgan fingerprint density at radius 2 is 1.86 bits per heavy atom. The largest absolute Gasteiger partial charge is 0.497 e. The first-order valence-electron chi connectivity index (χ1n) is 10.1. The predicted molar refractivity (Wildman–Crippen MR) is 133 cm³/mol. The van der Waals surface area contributed by atoms with Gasteiger partial charge in [-0.3, -0.25) is 19.2 Å². The van der Waals surface area contributed by atoms with Crippen molar-refractivity contribution in [2.45, 2.75) is 11.8 Å². The van der Waals surface area contributed by atoms with Gasteiger partial charge in [0.15, 0.2) is 0 Å². The van der Waals surface area contributed by atoms with Gasteiger partial charge in [0, 0.05) is 22.2 Å². The maximum Gasteiger partial charge on any atom is 0.273 e. The third-order valence-corrected chi connectivity index (χ3v) is 7.03. The van der Waals surface area contributed by atoms with E-state index in [1.165, 1.54) is 56.6 Å². The fourth-order valence-electron chi connectivity index (χ4n) is 3.06. The Morgan fingerprint density at radius 3 is 2.49 bits per heavy atom. The molecule has 0 aliphatic heterocycles. The first-order valence-corrected chi connectivity index (χ1v) is 11.9. The number of rotatable bonds is 9. The summed E-state index contributed by atoms with van der Waals surface area (Å²) in [5, 5.41) is 15.6. The molecule has 3 aromatic rings. The Kier molecular flexibility index (Phi) is 8.05. The standard InChI is InChI=1S/C23H21ClN4O6S/c1-16-7-12-20(13-22(16)28(30)31)35(32,33)27(18-8-10-19(34-2)11-9-18)15-23(29)26-25-14-17-5-3-4-6-21(17)24/h3-14H,15H2,1-2H3,(H,26,29)/b25-14+. The van der Waals surface area contributed by atoms with E-state index in [4.69, 9.17) is 16.3 Å². The van der Waals surface area contributed by atoms with E-state index in [0.717, 1.165) is 10.4 Å². The van der Waals surface area contributed by atoms with E-state index < -0.39 is 27.4 Å². The SMILES string of the molecule is COc1ccc(N(CC(=O)N/N=C/c2ccccc2Cl)S(=O)(=O)c2ccc(C)c([N+](=O)[O-])c2)cc1. The van der Waals surface area contributed by atoms with Crippen LogP contribution in [0.2, 0.25) is 5.02 Å². The van der Waals surface area contributed by atoms with Crippen LogP contribution in [0.5, 0.6) is 5.75 Å². The average Bonchev–Trinajstić information content (AvgIpc) is 2.83. The highest BCUT2D eigenvalue weighted by atomic mass is 35.5. The van der Waals surface area contributed by atoms with Gasteiger partial charge in [-0.05, 0) is 43.3 Å². The smallest absolute Gasteiger partial charge is 0.273 e. The lowest BCUT2D eigenvalue weighted by Gasteiger charge is -2.24. The van der Waals surface area contributed by atoms with Crippen molar-refractivity contribution in [3.05, 3.63) is 93.0 Å². The number of aryl methyl sites for hydroxylation is 1. The summed E-state index contributed by atoms with van der Waals surface area (Å²) in [7, 11) is -2.91. The van der Waals surface area contributed by atoms with Crippen LogP contribution in [-0.4, -0.2) is 39.1 Å². The number of benzene rings is 3. The number of carbonyl (C=O) groups excluding carboxylic acids is 1. The van der Waals surface area contributed by atoms with Crippen molar-refractivity contribution in [3.8, 4) is 5.75 Å². The van der Waals surface area contributed by atoms with Gasteiger partial charge in [0.25, 0.3) is 21.6 Å². The number of anilines is 1. The van der Waals surface area contributed by atoms with Crippen molar-refractivity contribution in [1.29, 1.82) is 0 Å². The number of ether oxygens (including phenoxy) is 1. The predicted octanol–water partition coefficient (Wildman–Crippen LogP) is 3.91. The molecule has 3 rings (SSSR count). The van der Waals surface area contributed by atoms with Crippen molar-refractivity contribution >= 4 is 45.1 Å². The second-order valence-corrected chi connectivity index (χ2v) is 9.50. The first-order chi connectivity index (χ1) is 16.6. The van der Waals surface area contributed by atoms with Gasteiger partial charge < -0.3 is 4.74 Å². The third-order valence-electron chi connectivity index (χ3n) is 4.91. The van der Waals surface area contributed by atoms with Gasteiger partial charge in [-0.2, -0.15) is 5.10 Å². The van der Waals surface area contributed by atoms with Crippen LogP contribution in [0.4, 0.5) is 11.4 Å². The first kappa shape index (κ1) is 25.7. The van der Waals surface area contributed by atoms with Gasteiger partial charge in [0.2, 0.25) is 0 Å². The average molecular weight is 517 g/mol. The summed E-state index contributed by atoms with van der Waals surface area (Å²) >= 11 is 6.05. The molecule has 0 saturated heterocycles. The Morgan fingerprint density at radius 1 is 1.17 bits per heavy atom. The second-order valence-electron chi connectivity index (χ2n) is 7.23. The summed E-state index contributed by atoms with van der Waals surface area (Å²) in [6.45, 7) is 0.858. The van der Waals surface area contributed by atoms with Crippen LogP contribution in [0.3, 0.4) is 0 Å². The second kappa shape index (κ2) is 11.0. The van der Waals surface area contributed by atoms with Crippen molar-refractivity contribution < 1.29 is 22.9 Å². The molecule has 0 bridgehead atoms. The van der Waals surface area contributed by atoms with Crippen molar-refractivity contribution in [2.75, 3.05) is 18.0 Å². The van der Waals surface area contributed by atoms with Crippen LogP contribution in [0.1, 0.15) is 11.1 Å². The molecule has 10 nitrogen and oxygen atoms in total. The van der Waals surface area contributed by atoms with Gasteiger partial charge in [0.1, 0.15) is 12.3 Å². The molecule has 0 radical (unpaired) electrons. The number of amides is 1. The summed E-state index contributed by atoms with van der Waals surface area (Å²) < 4.78 is 32.9. The molecule has 0 atom stereocenters. The zero-order valence-electron chi connectivity index (χ0n) is 18.7. The Labute approximate surface area is 207 Å². The van der Waals surface area contributed by atoms with Gasteiger partial charge in [-0.25, -0.2) is 13.8 Å². The molecule has 0 aliphatic carbocycles. The van der Waals surface area contributed by atoms with E-state index in [1.807, 2.05) is 0 Å². The van der Waals surface area contributed by atoms with E-state index in [-0.39, 0.29) is 16.3 Å². The zero-order chi connectivity index (χ0) is 25.6. The topological polar surface area (TPSA) is 131 Å². The molecule has 0 spiro atoms. The molecule has 1 N–H and O–H groups in total. The summed E-state index contributed by atoms with van der Waals surface area (Å²) in [6.07, 6.45) is 1.33. The Hall–Kier alpha value is -3.96. The lowest BCUT2D eigenvalue weighted by molar-refractivity contribution is -0.385. The summed E-state index contributed by atoms with van der Waals surface area (Å²) in [5.74, 6) is -0.264. The molecule has 1 amide bonds. The quantitative estimate of drug-likeness (QED) is 0.260. The van der Waals surface area contributed by atoms with Crippen molar-refractivity contribution in [2.24, 2.45) is 5.10 Å². The number of methoxy groups -OCH3 is 1. The number of hydrogen-bond donors (Lipinski definition) is 1. The van der Waals surface area contributed by atoms with Crippen molar-refractivity contribution in [1.82, 2.24) is 5.43 Å². The minimum Gasteiger partial charge on any atom is -0.497 e. The van der Waals surface area contributed by atoms with Crippen LogP contribution in [0, 0.1) is 17.0 Å². The number of sulfonamides is 1. The van der Waals surface area contributed by atoms with E-state index in [2.05, 4.69) is 10.5 Å². The maximum absolute atomic E-state index is 13.5. The summed E-state index contributed by atoms with van der Waals surface area (Å²) in [4.78, 5) is 23.0.